The normalized spacial score (nSPS) is 30.5. The summed E-state index contributed by atoms with van der Waals surface area (Å²) < 4.78 is 5.69. The molecule has 4 heteroatoms. The van der Waals surface area contributed by atoms with Crippen LogP contribution in [-0.2, 0) is 4.79 Å². The molecule has 0 heterocycles. The van der Waals surface area contributed by atoms with Crippen molar-refractivity contribution < 1.29 is 14.6 Å². The number of benzene rings is 1. The summed E-state index contributed by atoms with van der Waals surface area (Å²) in [6.07, 6.45) is 3.33. The Morgan fingerprint density at radius 1 is 1.29 bits per heavy atom. The van der Waals surface area contributed by atoms with Crippen LogP contribution >= 0.6 is 0 Å². The van der Waals surface area contributed by atoms with Crippen molar-refractivity contribution in [3.05, 3.63) is 29.8 Å². The molecule has 21 heavy (non-hydrogen) atoms. The van der Waals surface area contributed by atoms with E-state index in [0.717, 1.165) is 18.6 Å². The van der Waals surface area contributed by atoms with Crippen molar-refractivity contribution in [2.24, 2.45) is 17.8 Å². The fraction of sp³-hybridized carbons (Fsp3) is 0.588. The Balaban J connectivity index is 1.46. The van der Waals surface area contributed by atoms with Crippen LogP contribution in [0, 0.1) is 24.7 Å². The third-order valence-corrected chi connectivity index (χ3v) is 4.97. The molecule has 0 aliphatic heterocycles. The second kappa shape index (κ2) is 6.06. The van der Waals surface area contributed by atoms with E-state index in [1.807, 2.05) is 31.2 Å². The lowest BCUT2D eigenvalue weighted by Crippen LogP contribution is -2.45. The van der Waals surface area contributed by atoms with Gasteiger partial charge in [0.05, 0.1) is 5.92 Å². The summed E-state index contributed by atoms with van der Waals surface area (Å²) in [5.41, 5.74) is 1.21. The van der Waals surface area contributed by atoms with E-state index in [2.05, 4.69) is 5.32 Å². The van der Waals surface area contributed by atoms with Crippen LogP contribution in [-0.4, -0.2) is 30.3 Å². The van der Waals surface area contributed by atoms with Crippen molar-refractivity contribution in [2.45, 2.75) is 32.2 Å². The number of carboxylic acid groups (broad SMARTS) is 1. The van der Waals surface area contributed by atoms with Crippen molar-refractivity contribution in [2.75, 3.05) is 13.2 Å². The number of hydrogen-bond acceptors (Lipinski definition) is 3. The maximum absolute atomic E-state index is 11.4. The lowest BCUT2D eigenvalue weighted by molar-refractivity contribution is -0.144. The van der Waals surface area contributed by atoms with Gasteiger partial charge in [-0.2, -0.15) is 0 Å². The topological polar surface area (TPSA) is 58.6 Å². The van der Waals surface area contributed by atoms with E-state index in [0.29, 0.717) is 25.0 Å². The smallest absolute Gasteiger partial charge is 0.308 e. The number of nitrogens with one attached hydrogen (secondary N) is 1. The van der Waals surface area contributed by atoms with Crippen molar-refractivity contribution in [3.8, 4) is 5.75 Å². The molecule has 2 aliphatic rings. The molecule has 4 atom stereocenters. The first kappa shape index (κ1) is 14.4. The summed E-state index contributed by atoms with van der Waals surface area (Å²) in [4.78, 5) is 11.4. The van der Waals surface area contributed by atoms with Crippen LogP contribution < -0.4 is 10.1 Å². The number of ether oxygens (including phenoxy) is 1. The molecule has 0 saturated heterocycles. The zero-order valence-electron chi connectivity index (χ0n) is 12.4. The van der Waals surface area contributed by atoms with Crippen LogP contribution in [0.15, 0.2) is 24.3 Å². The molecule has 0 amide bonds. The first-order valence-corrected chi connectivity index (χ1v) is 7.81. The molecule has 1 aromatic rings. The molecule has 2 N–H and O–H groups in total. The van der Waals surface area contributed by atoms with Crippen LogP contribution in [0.5, 0.6) is 5.75 Å². The summed E-state index contributed by atoms with van der Waals surface area (Å²) in [7, 11) is 0. The molecule has 114 valence electrons. The number of carbonyl (C=O) groups is 1. The predicted octanol–water partition coefficient (Wildman–Crippen LogP) is 2.46. The Kier molecular flexibility index (Phi) is 4.15. The zero-order valence-corrected chi connectivity index (χ0v) is 12.4. The summed E-state index contributed by atoms with van der Waals surface area (Å²) in [6, 6.07) is 8.11. The van der Waals surface area contributed by atoms with Gasteiger partial charge < -0.3 is 15.2 Å². The van der Waals surface area contributed by atoms with Gasteiger partial charge in [-0.05, 0) is 50.2 Å². The van der Waals surface area contributed by atoms with E-state index in [9.17, 15) is 9.90 Å². The molecular formula is C17H23NO3. The molecule has 1 aromatic carbocycles. The summed E-state index contributed by atoms with van der Waals surface area (Å²) >= 11 is 0. The Morgan fingerprint density at radius 3 is 2.71 bits per heavy atom. The zero-order chi connectivity index (χ0) is 14.8. The number of fused-ring (bicyclic) bond motifs is 2. The van der Waals surface area contributed by atoms with Crippen LogP contribution in [0.2, 0.25) is 0 Å². The third-order valence-electron chi connectivity index (χ3n) is 4.97. The van der Waals surface area contributed by atoms with E-state index in [4.69, 9.17) is 4.74 Å². The van der Waals surface area contributed by atoms with Gasteiger partial charge in [0.2, 0.25) is 0 Å². The number of rotatable bonds is 6. The number of aryl methyl sites for hydroxylation is 1. The highest BCUT2D eigenvalue weighted by atomic mass is 16.5. The minimum atomic E-state index is -0.640. The van der Waals surface area contributed by atoms with Crippen molar-refractivity contribution in [1.82, 2.24) is 5.32 Å². The number of carboxylic acids is 1. The average Bonchev–Trinajstić information content (AvgIpc) is 3.06. The highest BCUT2D eigenvalue weighted by Gasteiger charge is 2.50. The van der Waals surface area contributed by atoms with Gasteiger partial charge >= 0.3 is 5.97 Å². The van der Waals surface area contributed by atoms with Crippen LogP contribution in [0.4, 0.5) is 0 Å². The van der Waals surface area contributed by atoms with Gasteiger partial charge in [-0.1, -0.05) is 17.7 Å². The van der Waals surface area contributed by atoms with Gasteiger partial charge in [0.15, 0.2) is 0 Å². The third kappa shape index (κ3) is 3.05. The second-order valence-corrected chi connectivity index (χ2v) is 6.34. The Morgan fingerprint density at radius 2 is 2.00 bits per heavy atom. The van der Waals surface area contributed by atoms with Gasteiger partial charge in [0, 0.05) is 12.6 Å². The fourth-order valence-electron chi connectivity index (χ4n) is 3.97. The average molecular weight is 289 g/mol. The first-order valence-electron chi connectivity index (χ1n) is 7.81. The molecule has 3 rings (SSSR count). The molecule has 2 bridgehead atoms. The van der Waals surface area contributed by atoms with E-state index in [1.165, 1.54) is 12.0 Å². The van der Waals surface area contributed by atoms with Gasteiger partial charge in [0.1, 0.15) is 12.4 Å². The van der Waals surface area contributed by atoms with Gasteiger partial charge in [-0.15, -0.1) is 0 Å². The lowest BCUT2D eigenvalue weighted by Gasteiger charge is -2.29. The predicted molar refractivity (Wildman–Crippen MR) is 80.4 cm³/mol. The summed E-state index contributed by atoms with van der Waals surface area (Å²) in [6.45, 7) is 3.32. The minimum absolute atomic E-state index is 0.128. The van der Waals surface area contributed by atoms with Crippen molar-refractivity contribution in [1.29, 1.82) is 0 Å². The molecular weight excluding hydrogens is 266 g/mol. The standard InChI is InChI=1S/C17H23NO3/c1-11-2-6-14(7-3-11)21-9-8-18-16-13-5-4-12(10-13)15(16)17(19)20/h2-3,6-7,12-13,15-16,18H,4-5,8-10H2,1H3,(H,19,20). The minimum Gasteiger partial charge on any atom is -0.492 e. The molecule has 4 nitrogen and oxygen atoms in total. The highest BCUT2D eigenvalue weighted by molar-refractivity contribution is 5.72. The molecule has 2 aliphatic carbocycles. The fourth-order valence-corrected chi connectivity index (χ4v) is 3.97. The van der Waals surface area contributed by atoms with Crippen LogP contribution in [0.25, 0.3) is 0 Å². The first-order chi connectivity index (χ1) is 10.1. The van der Waals surface area contributed by atoms with Crippen molar-refractivity contribution in [3.63, 3.8) is 0 Å². The second-order valence-electron chi connectivity index (χ2n) is 6.34. The Labute approximate surface area is 125 Å². The van der Waals surface area contributed by atoms with Crippen molar-refractivity contribution >= 4 is 5.97 Å². The molecule has 2 fully saturated rings. The maximum atomic E-state index is 11.4. The molecule has 4 unspecified atom stereocenters. The van der Waals surface area contributed by atoms with Crippen LogP contribution in [0.3, 0.4) is 0 Å². The molecule has 0 radical (unpaired) electrons. The highest BCUT2D eigenvalue weighted by Crippen LogP contribution is 2.48. The number of aliphatic carboxylic acids is 1. The van der Waals surface area contributed by atoms with E-state index >= 15 is 0 Å². The van der Waals surface area contributed by atoms with E-state index in [-0.39, 0.29) is 12.0 Å². The van der Waals surface area contributed by atoms with E-state index in [1.54, 1.807) is 0 Å². The van der Waals surface area contributed by atoms with Gasteiger partial charge in [-0.25, -0.2) is 0 Å². The molecule has 0 spiro atoms. The van der Waals surface area contributed by atoms with Gasteiger partial charge in [0.25, 0.3) is 0 Å². The summed E-state index contributed by atoms with van der Waals surface area (Å²) in [5.74, 6) is 0.936. The maximum Gasteiger partial charge on any atom is 0.308 e. The Bertz CT molecular complexity index is 499. The monoisotopic (exact) mass is 289 g/mol. The quantitative estimate of drug-likeness (QED) is 0.790. The molecule has 2 saturated carbocycles. The largest absolute Gasteiger partial charge is 0.492 e. The van der Waals surface area contributed by atoms with Crippen LogP contribution in [0.1, 0.15) is 24.8 Å². The Hall–Kier alpha value is -1.55. The lowest BCUT2D eigenvalue weighted by atomic mass is 9.84. The summed E-state index contributed by atoms with van der Waals surface area (Å²) in [5, 5.41) is 12.8. The SMILES string of the molecule is Cc1ccc(OCCNC2C3CCC(C3)C2C(=O)O)cc1. The van der Waals surface area contributed by atoms with E-state index < -0.39 is 5.97 Å². The number of hydrogen-bond donors (Lipinski definition) is 2. The molecule has 0 aromatic heterocycles. The van der Waals surface area contributed by atoms with Gasteiger partial charge in [-0.3, -0.25) is 4.79 Å².